The molecule has 1 heterocycles. The van der Waals surface area contributed by atoms with Crippen molar-refractivity contribution in [3.8, 4) is 0 Å². The third-order valence-corrected chi connectivity index (χ3v) is 0.761. The molecule has 38 valence electrons. The summed E-state index contributed by atoms with van der Waals surface area (Å²) in [7, 11) is 0. The van der Waals surface area contributed by atoms with E-state index in [1.54, 1.807) is 6.07 Å². The van der Waals surface area contributed by atoms with Gasteiger partial charge in [-0.15, -0.1) is 0 Å². The lowest BCUT2D eigenvalue weighted by molar-refractivity contribution is 0.553. The van der Waals surface area contributed by atoms with Gasteiger partial charge in [-0.05, 0) is 13.0 Å². The molecule has 0 saturated carbocycles. The van der Waals surface area contributed by atoms with E-state index in [1.165, 1.54) is 0 Å². The van der Waals surface area contributed by atoms with E-state index in [0.717, 1.165) is 5.76 Å². The van der Waals surface area contributed by atoms with Gasteiger partial charge in [0.25, 0.3) is 0 Å². The fraction of sp³-hybridized carbons (Fsp3) is 0.200. The summed E-state index contributed by atoms with van der Waals surface area (Å²) in [5.74, 6) is 1.34. The van der Waals surface area contributed by atoms with Gasteiger partial charge in [-0.3, -0.25) is 0 Å². The number of nitrogen functional groups attached to an aromatic ring is 1. The number of aryl methyl sites for hydroxylation is 1. The Hall–Kier alpha value is -0.920. The Morgan fingerprint density at radius 2 is 2.29 bits per heavy atom. The van der Waals surface area contributed by atoms with E-state index in [2.05, 4.69) is 0 Å². The predicted molar refractivity (Wildman–Crippen MR) is 27.9 cm³/mol. The lowest BCUT2D eigenvalue weighted by Gasteiger charge is -1.77. The highest BCUT2D eigenvalue weighted by atomic mass is 16.3. The lowest BCUT2D eigenvalue weighted by Crippen LogP contribution is -1.75. The second kappa shape index (κ2) is 1.30. The number of anilines is 1. The van der Waals surface area contributed by atoms with Crippen LogP contribution in [0.15, 0.2) is 16.5 Å². The van der Waals surface area contributed by atoms with E-state index in [-0.39, 0.29) is 0 Å². The van der Waals surface area contributed by atoms with Gasteiger partial charge in [-0.1, -0.05) is 0 Å². The monoisotopic (exact) mass is 97.1 g/mol. The zero-order chi connectivity index (χ0) is 5.28. The predicted octanol–water partition coefficient (Wildman–Crippen LogP) is 1.17. The largest absolute Gasteiger partial charge is 0.446 e. The molecule has 1 rings (SSSR count). The van der Waals surface area contributed by atoms with Gasteiger partial charge >= 0.3 is 0 Å². The first-order chi connectivity index (χ1) is 3.29. The van der Waals surface area contributed by atoms with Gasteiger partial charge in [0.1, 0.15) is 5.76 Å². The standard InChI is InChI=1S/C5H7NO/c1-4-2-3-5(6)7-4/h2-3H,6H2,1H3. The summed E-state index contributed by atoms with van der Waals surface area (Å²) in [4.78, 5) is 0. The average molecular weight is 97.1 g/mol. The molecule has 2 heteroatoms. The molecule has 0 saturated heterocycles. The van der Waals surface area contributed by atoms with Crippen LogP contribution in [0, 0.1) is 6.92 Å². The molecule has 0 unspecified atom stereocenters. The van der Waals surface area contributed by atoms with Crippen LogP contribution in [0.25, 0.3) is 0 Å². The smallest absolute Gasteiger partial charge is 0.190 e. The third kappa shape index (κ3) is 0.738. The van der Waals surface area contributed by atoms with E-state index in [9.17, 15) is 0 Å². The van der Waals surface area contributed by atoms with Crippen molar-refractivity contribution in [3.63, 3.8) is 0 Å². The molecule has 0 aromatic carbocycles. The van der Waals surface area contributed by atoms with E-state index >= 15 is 0 Å². The van der Waals surface area contributed by atoms with Crippen molar-refractivity contribution in [2.75, 3.05) is 5.73 Å². The van der Waals surface area contributed by atoms with Crippen LogP contribution in [0.4, 0.5) is 5.88 Å². The SMILES string of the molecule is Cc1ccc(N)o1. The molecule has 0 radical (unpaired) electrons. The van der Waals surface area contributed by atoms with Gasteiger partial charge in [0.2, 0.25) is 0 Å². The minimum atomic E-state index is 0.484. The van der Waals surface area contributed by atoms with Crippen molar-refractivity contribution in [3.05, 3.63) is 17.9 Å². The summed E-state index contributed by atoms with van der Waals surface area (Å²) in [5.41, 5.74) is 5.21. The van der Waals surface area contributed by atoms with Crippen molar-refractivity contribution in [2.24, 2.45) is 0 Å². The molecule has 1 aromatic heterocycles. The Kier molecular flexibility index (Phi) is 0.785. The first-order valence-corrected chi connectivity index (χ1v) is 2.11. The quantitative estimate of drug-likeness (QED) is 0.527. The Bertz CT molecular complexity index is 140. The fourth-order valence-electron chi connectivity index (χ4n) is 0.453. The van der Waals surface area contributed by atoms with Crippen molar-refractivity contribution in [1.29, 1.82) is 0 Å². The van der Waals surface area contributed by atoms with Gasteiger partial charge in [0, 0.05) is 6.07 Å². The number of nitrogens with two attached hydrogens (primary N) is 1. The molecule has 0 aliphatic carbocycles. The second-order valence-corrected chi connectivity index (χ2v) is 1.45. The summed E-state index contributed by atoms with van der Waals surface area (Å²) in [6, 6.07) is 3.56. The molecule has 0 amide bonds. The molecule has 2 N–H and O–H groups in total. The number of hydrogen-bond donors (Lipinski definition) is 1. The third-order valence-electron chi connectivity index (χ3n) is 0.761. The minimum absolute atomic E-state index is 0.484. The van der Waals surface area contributed by atoms with Gasteiger partial charge in [-0.2, -0.15) is 0 Å². The van der Waals surface area contributed by atoms with Crippen LogP contribution in [0.2, 0.25) is 0 Å². The van der Waals surface area contributed by atoms with Crippen LogP contribution in [0.3, 0.4) is 0 Å². The van der Waals surface area contributed by atoms with E-state index in [1.807, 2.05) is 13.0 Å². The van der Waals surface area contributed by atoms with Crippen molar-refractivity contribution < 1.29 is 4.42 Å². The van der Waals surface area contributed by atoms with E-state index in [4.69, 9.17) is 10.2 Å². The Labute approximate surface area is 41.9 Å². The maximum absolute atomic E-state index is 5.21. The van der Waals surface area contributed by atoms with Crippen molar-refractivity contribution in [2.45, 2.75) is 6.92 Å². The summed E-state index contributed by atoms with van der Waals surface area (Å²) in [6.07, 6.45) is 0. The highest BCUT2D eigenvalue weighted by molar-refractivity contribution is 5.24. The molecule has 0 aliphatic rings. The molecule has 0 aliphatic heterocycles. The topological polar surface area (TPSA) is 39.2 Å². The average Bonchev–Trinajstić information content (AvgIpc) is 1.87. The normalized spacial score (nSPS) is 9.29. The molecular formula is C5H7NO. The number of hydrogen-bond acceptors (Lipinski definition) is 2. The van der Waals surface area contributed by atoms with Gasteiger partial charge in [0.15, 0.2) is 5.88 Å². The molecular weight excluding hydrogens is 90.1 g/mol. The molecule has 2 nitrogen and oxygen atoms in total. The zero-order valence-corrected chi connectivity index (χ0v) is 4.14. The van der Waals surface area contributed by atoms with Crippen LogP contribution < -0.4 is 5.73 Å². The Morgan fingerprint density at radius 1 is 1.57 bits per heavy atom. The van der Waals surface area contributed by atoms with Gasteiger partial charge in [-0.25, -0.2) is 0 Å². The molecule has 7 heavy (non-hydrogen) atoms. The maximum atomic E-state index is 5.21. The number of furan rings is 1. The van der Waals surface area contributed by atoms with Crippen LogP contribution >= 0.6 is 0 Å². The summed E-state index contributed by atoms with van der Waals surface area (Å²) < 4.78 is 4.86. The van der Waals surface area contributed by atoms with Crippen LogP contribution in [-0.4, -0.2) is 0 Å². The lowest BCUT2D eigenvalue weighted by atomic mass is 10.5. The minimum Gasteiger partial charge on any atom is -0.446 e. The highest BCUT2D eigenvalue weighted by Gasteiger charge is 1.86. The van der Waals surface area contributed by atoms with Crippen molar-refractivity contribution >= 4 is 5.88 Å². The highest BCUT2D eigenvalue weighted by Crippen LogP contribution is 2.05. The maximum Gasteiger partial charge on any atom is 0.190 e. The van der Waals surface area contributed by atoms with E-state index in [0.29, 0.717) is 5.88 Å². The molecule has 0 bridgehead atoms. The molecule has 0 fully saturated rings. The van der Waals surface area contributed by atoms with Gasteiger partial charge in [0.05, 0.1) is 0 Å². The van der Waals surface area contributed by atoms with Crippen LogP contribution in [-0.2, 0) is 0 Å². The summed E-state index contributed by atoms with van der Waals surface area (Å²) in [5, 5.41) is 0. The molecule has 0 atom stereocenters. The molecule has 1 aromatic rings. The molecule has 0 spiro atoms. The summed E-state index contributed by atoms with van der Waals surface area (Å²) in [6.45, 7) is 1.86. The van der Waals surface area contributed by atoms with Crippen LogP contribution in [0.1, 0.15) is 5.76 Å². The Morgan fingerprint density at radius 3 is 2.43 bits per heavy atom. The van der Waals surface area contributed by atoms with Crippen LogP contribution in [0.5, 0.6) is 0 Å². The second-order valence-electron chi connectivity index (χ2n) is 1.45. The zero-order valence-electron chi connectivity index (χ0n) is 4.14. The van der Waals surface area contributed by atoms with Gasteiger partial charge < -0.3 is 10.2 Å². The fourth-order valence-corrected chi connectivity index (χ4v) is 0.453. The van der Waals surface area contributed by atoms with E-state index < -0.39 is 0 Å². The first kappa shape index (κ1) is 4.24. The number of rotatable bonds is 0. The summed E-state index contributed by atoms with van der Waals surface area (Å²) >= 11 is 0. The van der Waals surface area contributed by atoms with Crippen molar-refractivity contribution in [1.82, 2.24) is 0 Å². The first-order valence-electron chi connectivity index (χ1n) is 2.11. The Balaban J connectivity index is 3.04.